The van der Waals surface area contributed by atoms with Gasteiger partial charge in [-0.15, -0.1) is 6.58 Å². The Kier molecular flexibility index (Phi) is 8.74. The molecule has 1 aromatic rings. The molecule has 0 saturated heterocycles. The number of para-hydroxylation sites is 1. The Morgan fingerprint density at radius 1 is 1.22 bits per heavy atom. The van der Waals surface area contributed by atoms with Gasteiger partial charge in [-0.2, -0.15) is 0 Å². The molecule has 130 valence electrons. The molecule has 1 atom stereocenters. The number of ether oxygens (including phenoxy) is 2. The molecule has 0 saturated carbocycles. The van der Waals surface area contributed by atoms with Crippen LogP contribution in [0, 0.1) is 5.92 Å². The Morgan fingerprint density at radius 2 is 1.96 bits per heavy atom. The maximum Gasteiger partial charge on any atom is 0.165 e. The molecule has 0 bridgehead atoms. The predicted molar refractivity (Wildman–Crippen MR) is 95.1 cm³/mol. The van der Waals surface area contributed by atoms with Crippen LogP contribution >= 0.6 is 0 Å². The second-order valence-corrected chi connectivity index (χ2v) is 6.26. The summed E-state index contributed by atoms with van der Waals surface area (Å²) in [6.07, 6.45) is 3.08. The lowest BCUT2D eigenvalue weighted by molar-refractivity contribution is 0.0951. The zero-order valence-corrected chi connectivity index (χ0v) is 14.9. The highest BCUT2D eigenvalue weighted by Gasteiger charge is 2.17. The topological polar surface area (TPSA) is 41.9 Å². The van der Waals surface area contributed by atoms with Crippen LogP contribution in [0.25, 0.3) is 0 Å². The summed E-state index contributed by atoms with van der Waals surface area (Å²) in [7, 11) is 3.31. The predicted octanol–water partition coefficient (Wildman–Crippen LogP) is 3.49. The van der Waals surface area contributed by atoms with E-state index < -0.39 is 0 Å². The lowest BCUT2D eigenvalue weighted by Crippen LogP contribution is -2.34. The van der Waals surface area contributed by atoms with Gasteiger partial charge in [-0.05, 0) is 24.8 Å². The normalized spacial score (nSPS) is 12.5. The highest BCUT2D eigenvalue weighted by molar-refractivity contribution is 5.46. The highest BCUT2D eigenvalue weighted by atomic mass is 16.5. The van der Waals surface area contributed by atoms with Crippen LogP contribution in [0.5, 0.6) is 11.5 Å². The largest absolute Gasteiger partial charge is 0.493 e. The SMILES string of the molecule is C=CCCC(O)CN(Cc1cccc(OC)c1OC)CC(C)C. The highest BCUT2D eigenvalue weighted by Crippen LogP contribution is 2.31. The second-order valence-electron chi connectivity index (χ2n) is 6.26. The van der Waals surface area contributed by atoms with Gasteiger partial charge in [0.15, 0.2) is 11.5 Å². The number of hydrogen-bond donors (Lipinski definition) is 1. The van der Waals surface area contributed by atoms with Crippen LogP contribution in [0.4, 0.5) is 0 Å². The third kappa shape index (κ3) is 6.63. The molecule has 0 aliphatic carbocycles. The minimum Gasteiger partial charge on any atom is -0.493 e. The minimum atomic E-state index is -0.344. The fourth-order valence-electron chi connectivity index (χ4n) is 2.74. The Labute approximate surface area is 140 Å². The smallest absolute Gasteiger partial charge is 0.165 e. The maximum absolute atomic E-state index is 10.2. The summed E-state index contributed by atoms with van der Waals surface area (Å²) in [5, 5.41) is 10.2. The average Bonchev–Trinajstić information content (AvgIpc) is 2.51. The Hall–Kier alpha value is -1.52. The van der Waals surface area contributed by atoms with Crippen LogP contribution in [0.2, 0.25) is 0 Å². The van der Waals surface area contributed by atoms with Crippen LogP contribution in [0.1, 0.15) is 32.3 Å². The van der Waals surface area contributed by atoms with Crippen molar-refractivity contribution in [3.05, 3.63) is 36.4 Å². The van der Waals surface area contributed by atoms with Gasteiger partial charge in [0.1, 0.15) is 0 Å². The van der Waals surface area contributed by atoms with Crippen LogP contribution in [0.15, 0.2) is 30.9 Å². The van der Waals surface area contributed by atoms with E-state index in [0.29, 0.717) is 12.5 Å². The van der Waals surface area contributed by atoms with Gasteiger partial charge in [0, 0.05) is 25.2 Å². The van der Waals surface area contributed by atoms with Gasteiger partial charge < -0.3 is 14.6 Å². The summed E-state index contributed by atoms with van der Waals surface area (Å²) >= 11 is 0. The van der Waals surface area contributed by atoms with Crippen molar-refractivity contribution in [3.8, 4) is 11.5 Å². The fraction of sp³-hybridized carbons (Fsp3) is 0.579. The van der Waals surface area contributed by atoms with Gasteiger partial charge in [-0.25, -0.2) is 0 Å². The average molecular weight is 321 g/mol. The molecule has 0 spiro atoms. The molecule has 1 aromatic carbocycles. The number of hydrogen-bond acceptors (Lipinski definition) is 4. The van der Waals surface area contributed by atoms with Gasteiger partial charge in [-0.3, -0.25) is 4.90 Å². The van der Waals surface area contributed by atoms with Crippen LogP contribution in [0.3, 0.4) is 0 Å². The second kappa shape index (κ2) is 10.3. The first-order valence-corrected chi connectivity index (χ1v) is 8.23. The Bertz CT molecular complexity index is 474. The zero-order chi connectivity index (χ0) is 17.2. The van der Waals surface area contributed by atoms with Gasteiger partial charge in [0.2, 0.25) is 0 Å². The summed E-state index contributed by atoms with van der Waals surface area (Å²) in [6, 6.07) is 5.91. The van der Waals surface area contributed by atoms with Crippen molar-refractivity contribution in [2.24, 2.45) is 5.92 Å². The Morgan fingerprint density at radius 3 is 2.52 bits per heavy atom. The summed E-state index contributed by atoms with van der Waals surface area (Å²) < 4.78 is 10.9. The quantitative estimate of drug-likeness (QED) is 0.634. The number of aliphatic hydroxyl groups excluding tert-OH is 1. The molecule has 1 rings (SSSR count). The maximum atomic E-state index is 10.2. The number of nitrogens with zero attached hydrogens (tertiary/aromatic N) is 1. The number of benzene rings is 1. The number of aliphatic hydroxyl groups is 1. The third-order valence-corrected chi connectivity index (χ3v) is 3.67. The van der Waals surface area contributed by atoms with E-state index in [-0.39, 0.29) is 6.10 Å². The lowest BCUT2D eigenvalue weighted by atomic mass is 10.1. The van der Waals surface area contributed by atoms with Crippen LogP contribution in [-0.2, 0) is 6.54 Å². The van der Waals surface area contributed by atoms with Crippen LogP contribution in [-0.4, -0.2) is 43.4 Å². The molecule has 0 radical (unpaired) electrons. The standard InChI is InChI=1S/C19H31NO3/c1-6-7-10-17(21)14-20(12-15(2)3)13-16-9-8-11-18(22-4)19(16)23-5/h6,8-9,11,15,17,21H,1,7,10,12-14H2,2-5H3. The number of allylic oxidation sites excluding steroid dienone is 1. The third-order valence-electron chi connectivity index (χ3n) is 3.67. The van der Waals surface area contributed by atoms with E-state index in [1.807, 2.05) is 24.3 Å². The van der Waals surface area contributed by atoms with Crippen molar-refractivity contribution in [2.45, 2.75) is 39.3 Å². The van der Waals surface area contributed by atoms with E-state index in [1.165, 1.54) is 0 Å². The monoisotopic (exact) mass is 321 g/mol. The lowest BCUT2D eigenvalue weighted by Gasteiger charge is -2.27. The fourth-order valence-corrected chi connectivity index (χ4v) is 2.74. The molecule has 1 N–H and O–H groups in total. The summed E-state index contributed by atoms with van der Waals surface area (Å²) in [5.41, 5.74) is 1.07. The number of rotatable bonds is 11. The minimum absolute atomic E-state index is 0.344. The molecule has 1 unspecified atom stereocenters. The molecule has 0 amide bonds. The summed E-state index contributed by atoms with van der Waals surface area (Å²) in [5.74, 6) is 2.03. The van der Waals surface area contributed by atoms with E-state index in [0.717, 1.165) is 43.0 Å². The molecular formula is C19H31NO3. The summed E-state index contributed by atoms with van der Waals surface area (Å²) in [6.45, 7) is 10.4. The van der Waals surface area contributed by atoms with Gasteiger partial charge in [0.25, 0.3) is 0 Å². The number of methoxy groups -OCH3 is 2. The first-order chi connectivity index (χ1) is 11.0. The van der Waals surface area contributed by atoms with Crippen molar-refractivity contribution in [1.29, 1.82) is 0 Å². The van der Waals surface area contributed by atoms with Crippen molar-refractivity contribution in [3.63, 3.8) is 0 Å². The molecule has 0 aliphatic heterocycles. The molecule has 0 fully saturated rings. The van der Waals surface area contributed by atoms with E-state index >= 15 is 0 Å². The molecule has 0 aliphatic rings. The van der Waals surface area contributed by atoms with E-state index in [4.69, 9.17) is 9.47 Å². The van der Waals surface area contributed by atoms with Gasteiger partial charge in [-0.1, -0.05) is 32.1 Å². The van der Waals surface area contributed by atoms with E-state index in [1.54, 1.807) is 14.2 Å². The molecule has 23 heavy (non-hydrogen) atoms. The van der Waals surface area contributed by atoms with Crippen LogP contribution < -0.4 is 9.47 Å². The molecule has 4 nitrogen and oxygen atoms in total. The van der Waals surface area contributed by atoms with Crippen molar-refractivity contribution < 1.29 is 14.6 Å². The van der Waals surface area contributed by atoms with E-state index in [9.17, 15) is 5.11 Å². The molecule has 4 heteroatoms. The van der Waals surface area contributed by atoms with Gasteiger partial charge >= 0.3 is 0 Å². The van der Waals surface area contributed by atoms with Crippen molar-refractivity contribution >= 4 is 0 Å². The van der Waals surface area contributed by atoms with E-state index in [2.05, 4.69) is 25.3 Å². The Balaban J connectivity index is 2.86. The molecule has 0 heterocycles. The first kappa shape index (κ1) is 19.5. The molecular weight excluding hydrogens is 290 g/mol. The van der Waals surface area contributed by atoms with Crippen molar-refractivity contribution in [1.82, 2.24) is 4.90 Å². The zero-order valence-electron chi connectivity index (χ0n) is 14.9. The van der Waals surface area contributed by atoms with Crippen molar-refractivity contribution in [2.75, 3.05) is 27.3 Å². The molecule has 0 aromatic heterocycles. The summed E-state index contributed by atoms with van der Waals surface area (Å²) in [4.78, 5) is 2.27. The first-order valence-electron chi connectivity index (χ1n) is 8.23. The van der Waals surface area contributed by atoms with Gasteiger partial charge in [0.05, 0.1) is 20.3 Å².